The van der Waals surface area contributed by atoms with Gasteiger partial charge in [0.25, 0.3) is 0 Å². The van der Waals surface area contributed by atoms with Gasteiger partial charge in [-0.25, -0.2) is 0 Å². The molecule has 0 saturated heterocycles. The van der Waals surface area contributed by atoms with Gasteiger partial charge in [-0.1, -0.05) is 6.92 Å². The summed E-state index contributed by atoms with van der Waals surface area (Å²) in [6, 6.07) is 0. The molecule has 0 spiro atoms. The van der Waals surface area contributed by atoms with E-state index in [0.29, 0.717) is 0 Å². The van der Waals surface area contributed by atoms with Gasteiger partial charge in [-0.2, -0.15) is 0 Å². The summed E-state index contributed by atoms with van der Waals surface area (Å²) in [4.78, 5) is 2.53. The molecule has 0 aromatic heterocycles. The van der Waals surface area contributed by atoms with Crippen LogP contribution < -0.4 is 5.73 Å². The molecule has 0 bridgehead atoms. The normalized spacial score (nSPS) is 18.2. The molecule has 0 amide bonds. The minimum Gasteiger partial charge on any atom is -0.324 e. The Kier molecular flexibility index (Phi) is 3.74. The molecule has 78 valence electrons. The molecule has 0 aromatic rings. The molecule has 0 aliphatic heterocycles. The van der Waals surface area contributed by atoms with Gasteiger partial charge < -0.3 is 10.6 Å². The van der Waals surface area contributed by atoms with E-state index in [2.05, 4.69) is 25.7 Å². The number of hydrogen-bond acceptors (Lipinski definition) is 2. The summed E-state index contributed by atoms with van der Waals surface area (Å²) < 4.78 is 0. The van der Waals surface area contributed by atoms with Gasteiger partial charge in [0.05, 0.1) is 0 Å². The maximum Gasteiger partial charge on any atom is 0.0226 e. The Morgan fingerprint density at radius 1 is 1.38 bits per heavy atom. The molecular formula is C11H24N2. The van der Waals surface area contributed by atoms with Crippen molar-refractivity contribution in [1.82, 2.24) is 4.90 Å². The third-order valence-electron chi connectivity index (χ3n) is 2.38. The highest BCUT2D eigenvalue weighted by Gasteiger charge is 2.25. The van der Waals surface area contributed by atoms with Crippen LogP contribution in [0.3, 0.4) is 0 Å². The van der Waals surface area contributed by atoms with Crippen molar-refractivity contribution >= 4 is 0 Å². The van der Waals surface area contributed by atoms with Gasteiger partial charge >= 0.3 is 0 Å². The van der Waals surface area contributed by atoms with Crippen LogP contribution in [0.2, 0.25) is 0 Å². The van der Waals surface area contributed by atoms with Gasteiger partial charge in [-0.3, -0.25) is 0 Å². The zero-order chi connectivity index (χ0) is 9.90. The molecule has 1 aliphatic carbocycles. The van der Waals surface area contributed by atoms with Crippen LogP contribution in [-0.2, 0) is 0 Å². The number of nitrogens with zero attached hydrogens (tertiary/aromatic N) is 1. The molecular weight excluding hydrogens is 160 g/mol. The first-order chi connectivity index (χ1) is 6.01. The van der Waals surface area contributed by atoms with Crippen LogP contribution in [0.15, 0.2) is 0 Å². The Balaban J connectivity index is 2.27. The SMILES string of the molecule is CCCN(CC1CC1)CC(C)(C)N. The lowest BCUT2D eigenvalue weighted by Gasteiger charge is -2.29. The number of hydrogen-bond donors (Lipinski definition) is 1. The molecule has 0 radical (unpaired) electrons. The molecule has 1 fully saturated rings. The summed E-state index contributed by atoms with van der Waals surface area (Å²) in [5.41, 5.74) is 5.98. The van der Waals surface area contributed by atoms with Crippen LogP contribution in [0, 0.1) is 5.92 Å². The Bertz CT molecular complexity index is 145. The second-order valence-corrected chi connectivity index (χ2v) is 5.17. The summed E-state index contributed by atoms with van der Waals surface area (Å²) in [5.74, 6) is 0.980. The highest BCUT2D eigenvalue weighted by atomic mass is 15.1. The molecule has 0 heterocycles. The van der Waals surface area contributed by atoms with Gasteiger partial charge in [-0.05, 0) is 45.6 Å². The van der Waals surface area contributed by atoms with Crippen molar-refractivity contribution in [2.45, 2.75) is 45.6 Å². The van der Waals surface area contributed by atoms with E-state index in [0.717, 1.165) is 12.5 Å². The zero-order valence-corrected chi connectivity index (χ0v) is 9.34. The molecule has 1 rings (SSSR count). The third kappa shape index (κ3) is 5.27. The van der Waals surface area contributed by atoms with Crippen molar-refractivity contribution in [1.29, 1.82) is 0 Å². The Morgan fingerprint density at radius 3 is 2.38 bits per heavy atom. The third-order valence-corrected chi connectivity index (χ3v) is 2.38. The van der Waals surface area contributed by atoms with E-state index in [1.54, 1.807) is 0 Å². The first-order valence-electron chi connectivity index (χ1n) is 5.52. The molecule has 1 aliphatic rings. The quantitative estimate of drug-likeness (QED) is 0.682. The summed E-state index contributed by atoms with van der Waals surface area (Å²) in [6.07, 6.45) is 4.11. The second kappa shape index (κ2) is 4.43. The lowest BCUT2D eigenvalue weighted by atomic mass is 10.1. The van der Waals surface area contributed by atoms with Crippen molar-refractivity contribution in [3.63, 3.8) is 0 Å². The fourth-order valence-electron chi connectivity index (χ4n) is 1.79. The monoisotopic (exact) mass is 184 g/mol. The van der Waals surface area contributed by atoms with E-state index >= 15 is 0 Å². The maximum atomic E-state index is 6.02. The molecule has 2 nitrogen and oxygen atoms in total. The summed E-state index contributed by atoms with van der Waals surface area (Å²) in [7, 11) is 0. The van der Waals surface area contributed by atoms with E-state index in [-0.39, 0.29) is 5.54 Å². The highest BCUT2D eigenvalue weighted by molar-refractivity contribution is 4.82. The molecule has 13 heavy (non-hydrogen) atoms. The molecule has 2 heteroatoms. The maximum absolute atomic E-state index is 6.02. The number of nitrogens with two attached hydrogens (primary N) is 1. The molecule has 0 unspecified atom stereocenters. The Labute approximate surface area is 82.5 Å². The average molecular weight is 184 g/mol. The predicted octanol–water partition coefficient (Wildman–Crippen LogP) is 1.85. The van der Waals surface area contributed by atoms with Gasteiger partial charge in [-0.15, -0.1) is 0 Å². The van der Waals surface area contributed by atoms with E-state index in [1.807, 2.05) is 0 Å². The van der Waals surface area contributed by atoms with Crippen LogP contribution in [0.4, 0.5) is 0 Å². The molecule has 0 aromatic carbocycles. The first-order valence-corrected chi connectivity index (χ1v) is 5.52. The van der Waals surface area contributed by atoms with Gasteiger partial charge in [0.2, 0.25) is 0 Å². The van der Waals surface area contributed by atoms with Crippen LogP contribution in [0.1, 0.15) is 40.0 Å². The van der Waals surface area contributed by atoms with Crippen LogP contribution >= 0.6 is 0 Å². The zero-order valence-electron chi connectivity index (χ0n) is 9.34. The van der Waals surface area contributed by atoms with Crippen molar-refractivity contribution < 1.29 is 0 Å². The molecule has 2 N–H and O–H groups in total. The van der Waals surface area contributed by atoms with Gasteiger partial charge in [0.15, 0.2) is 0 Å². The van der Waals surface area contributed by atoms with E-state index in [4.69, 9.17) is 5.73 Å². The fraction of sp³-hybridized carbons (Fsp3) is 1.00. The van der Waals surface area contributed by atoms with Crippen LogP contribution in [0.25, 0.3) is 0 Å². The van der Waals surface area contributed by atoms with Gasteiger partial charge in [0, 0.05) is 18.6 Å². The number of rotatable bonds is 6. The van der Waals surface area contributed by atoms with E-state index < -0.39 is 0 Å². The summed E-state index contributed by atoms with van der Waals surface area (Å²) >= 11 is 0. The minimum atomic E-state index is -0.0376. The average Bonchev–Trinajstić information content (AvgIpc) is 2.68. The largest absolute Gasteiger partial charge is 0.324 e. The smallest absolute Gasteiger partial charge is 0.0226 e. The van der Waals surface area contributed by atoms with E-state index in [9.17, 15) is 0 Å². The fourth-order valence-corrected chi connectivity index (χ4v) is 1.79. The van der Waals surface area contributed by atoms with Crippen molar-refractivity contribution in [2.75, 3.05) is 19.6 Å². The highest BCUT2D eigenvalue weighted by Crippen LogP contribution is 2.29. The van der Waals surface area contributed by atoms with Crippen molar-refractivity contribution in [3.8, 4) is 0 Å². The van der Waals surface area contributed by atoms with Gasteiger partial charge in [0.1, 0.15) is 0 Å². The van der Waals surface area contributed by atoms with Crippen LogP contribution in [-0.4, -0.2) is 30.1 Å². The summed E-state index contributed by atoms with van der Waals surface area (Å²) in [6.45, 7) is 9.98. The standard InChI is InChI=1S/C11H24N2/c1-4-7-13(8-10-5-6-10)9-11(2,3)12/h10H,4-9,12H2,1-3H3. The van der Waals surface area contributed by atoms with Crippen molar-refractivity contribution in [2.24, 2.45) is 11.7 Å². The Morgan fingerprint density at radius 2 is 2.00 bits per heavy atom. The lowest BCUT2D eigenvalue weighted by molar-refractivity contribution is 0.218. The topological polar surface area (TPSA) is 29.3 Å². The Hall–Kier alpha value is -0.0800. The summed E-state index contributed by atoms with van der Waals surface area (Å²) in [5, 5.41) is 0. The molecule has 1 saturated carbocycles. The lowest BCUT2D eigenvalue weighted by Crippen LogP contribution is -2.46. The minimum absolute atomic E-state index is 0.0376. The van der Waals surface area contributed by atoms with Crippen molar-refractivity contribution in [3.05, 3.63) is 0 Å². The predicted molar refractivity (Wildman–Crippen MR) is 57.7 cm³/mol. The molecule has 0 atom stereocenters. The van der Waals surface area contributed by atoms with E-state index in [1.165, 1.54) is 32.4 Å². The van der Waals surface area contributed by atoms with Crippen LogP contribution in [0.5, 0.6) is 0 Å². The second-order valence-electron chi connectivity index (χ2n) is 5.17. The first kappa shape index (κ1) is 11.0.